The number of nitrogens with one attached hydrogen (secondary N) is 3. The highest BCUT2D eigenvalue weighted by Gasteiger charge is 2.27. The first kappa shape index (κ1) is 16.0. The molecule has 3 rings (SSSR count). The number of carbonyl (C=O) groups is 2. The van der Waals surface area contributed by atoms with Gasteiger partial charge in [-0.3, -0.25) is 14.9 Å². The Balaban J connectivity index is 1.73. The van der Waals surface area contributed by atoms with E-state index in [1.54, 1.807) is 24.3 Å². The molecule has 122 valence electrons. The van der Waals surface area contributed by atoms with Gasteiger partial charge in [-0.2, -0.15) is 0 Å². The molecule has 24 heavy (non-hydrogen) atoms. The summed E-state index contributed by atoms with van der Waals surface area (Å²) < 4.78 is 0. The lowest BCUT2D eigenvalue weighted by Crippen LogP contribution is -2.45. The molecular formula is C17H15ClN4O2. The van der Waals surface area contributed by atoms with E-state index in [9.17, 15) is 9.59 Å². The quantitative estimate of drug-likeness (QED) is 0.802. The van der Waals surface area contributed by atoms with E-state index in [1.165, 1.54) is 0 Å². The number of benzene rings is 2. The van der Waals surface area contributed by atoms with Crippen LogP contribution in [0.4, 0.5) is 11.4 Å². The molecule has 1 heterocycles. The van der Waals surface area contributed by atoms with Gasteiger partial charge in [0.15, 0.2) is 0 Å². The summed E-state index contributed by atoms with van der Waals surface area (Å²) in [7, 11) is 0. The number of para-hydroxylation sites is 1. The Morgan fingerprint density at radius 2 is 1.88 bits per heavy atom. The fraction of sp³-hybridized carbons (Fsp3) is 0.118. The van der Waals surface area contributed by atoms with Gasteiger partial charge in [0.2, 0.25) is 17.8 Å². The molecule has 7 heteroatoms. The minimum atomic E-state index is -0.802. The number of halogens is 1. The van der Waals surface area contributed by atoms with Gasteiger partial charge in [0.25, 0.3) is 0 Å². The average molecular weight is 343 g/mol. The molecule has 0 aliphatic carbocycles. The van der Waals surface area contributed by atoms with Crippen LogP contribution >= 0.6 is 11.6 Å². The van der Waals surface area contributed by atoms with Crippen molar-refractivity contribution < 1.29 is 9.59 Å². The van der Waals surface area contributed by atoms with Crippen molar-refractivity contribution in [2.45, 2.75) is 12.5 Å². The van der Waals surface area contributed by atoms with Crippen LogP contribution in [0.15, 0.2) is 59.6 Å². The summed E-state index contributed by atoms with van der Waals surface area (Å²) in [4.78, 5) is 28.5. The lowest BCUT2D eigenvalue weighted by Gasteiger charge is -2.21. The summed E-state index contributed by atoms with van der Waals surface area (Å²) in [6.45, 7) is 0. The molecular weight excluding hydrogens is 328 g/mol. The summed E-state index contributed by atoms with van der Waals surface area (Å²) in [5.41, 5.74) is 1.33. The monoisotopic (exact) mass is 342 g/mol. The molecule has 1 aliphatic heterocycles. The number of carbonyl (C=O) groups excluding carboxylic acids is 2. The lowest BCUT2D eigenvalue weighted by molar-refractivity contribution is -0.124. The molecule has 3 N–H and O–H groups in total. The summed E-state index contributed by atoms with van der Waals surface area (Å²) in [5, 5.41) is 8.84. The molecule has 1 atom stereocenters. The van der Waals surface area contributed by atoms with Gasteiger partial charge in [0.1, 0.15) is 6.04 Å². The Morgan fingerprint density at radius 1 is 1.12 bits per heavy atom. The van der Waals surface area contributed by atoms with E-state index >= 15 is 0 Å². The average Bonchev–Trinajstić information content (AvgIpc) is 2.55. The van der Waals surface area contributed by atoms with Crippen LogP contribution in [0.3, 0.4) is 0 Å². The fourth-order valence-corrected chi connectivity index (χ4v) is 2.45. The Hall–Kier alpha value is -2.86. The molecule has 0 bridgehead atoms. The minimum Gasteiger partial charge on any atom is -0.326 e. The van der Waals surface area contributed by atoms with E-state index in [0.29, 0.717) is 10.7 Å². The van der Waals surface area contributed by atoms with E-state index in [-0.39, 0.29) is 24.2 Å². The Kier molecular flexibility index (Phi) is 4.77. The number of anilines is 2. The first-order chi connectivity index (χ1) is 11.6. The number of rotatable bonds is 3. The highest BCUT2D eigenvalue weighted by Crippen LogP contribution is 2.16. The van der Waals surface area contributed by atoms with Crippen molar-refractivity contribution in [2.24, 2.45) is 4.99 Å². The maximum Gasteiger partial charge on any atom is 0.249 e. The second kappa shape index (κ2) is 7.14. The van der Waals surface area contributed by atoms with Crippen LogP contribution in [-0.4, -0.2) is 23.8 Å². The number of amides is 2. The van der Waals surface area contributed by atoms with Crippen LogP contribution in [-0.2, 0) is 9.59 Å². The van der Waals surface area contributed by atoms with Crippen molar-refractivity contribution in [3.8, 4) is 0 Å². The SMILES string of the molecule is O=C1CC(C(=O)Nc2cccc(Cl)c2)N=C(Nc2ccccc2)N1. The number of hydrogen-bond donors (Lipinski definition) is 3. The van der Waals surface area contributed by atoms with Gasteiger partial charge in [-0.25, -0.2) is 4.99 Å². The molecule has 0 radical (unpaired) electrons. The molecule has 1 aliphatic rings. The maximum absolute atomic E-state index is 12.4. The predicted molar refractivity (Wildman–Crippen MR) is 94.1 cm³/mol. The zero-order valence-corrected chi connectivity index (χ0v) is 13.4. The normalized spacial score (nSPS) is 16.8. The molecule has 2 amide bonds. The van der Waals surface area contributed by atoms with Gasteiger partial charge < -0.3 is 10.6 Å². The largest absolute Gasteiger partial charge is 0.326 e. The van der Waals surface area contributed by atoms with Gasteiger partial charge in [0.05, 0.1) is 6.42 Å². The Morgan fingerprint density at radius 3 is 2.62 bits per heavy atom. The molecule has 6 nitrogen and oxygen atoms in total. The van der Waals surface area contributed by atoms with E-state index in [4.69, 9.17) is 11.6 Å². The van der Waals surface area contributed by atoms with Crippen molar-refractivity contribution in [3.05, 3.63) is 59.6 Å². The number of hydrogen-bond acceptors (Lipinski definition) is 4. The van der Waals surface area contributed by atoms with Crippen LogP contribution in [0.1, 0.15) is 6.42 Å². The second-order valence-electron chi connectivity index (χ2n) is 5.24. The van der Waals surface area contributed by atoms with Crippen molar-refractivity contribution >= 4 is 40.7 Å². The maximum atomic E-state index is 12.4. The third-order valence-corrected chi connectivity index (χ3v) is 3.59. The minimum absolute atomic E-state index is 0.00757. The second-order valence-corrected chi connectivity index (χ2v) is 5.67. The van der Waals surface area contributed by atoms with Crippen molar-refractivity contribution in [2.75, 3.05) is 10.6 Å². The fourth-order valence-electron chi connectivity index (χ4n) is 2.26. The topological polar surface area (TPSA) is 82.6 Å². The van der Waals surface area contributed by atoms with Gasteiger partial charge in [0, 0.05) is 16.4 Å². The summed E-state index contributed by atoms with van der Waals surface area (Å²) >= 11 is 5.90. The molecule has 2 aromatic rings. The first-order valence-corrected chi connectivity index (χ1v) is 7.74. The predicted octanol–water partition coefficient (Wildman–Crippen LogP) is 2.64. The van der Waals surface area contributed by atoms with Gasteiger partial charge in [-0.15, -0.1) is 0 Å². The third-order valence-electron chi connectivity index (χ3n) is 3.35. The molecule has 0 saturated carbocycles. The van der Waals surface area contributed by atoms with Crippen LogP contribution in [0.25, 0.3) is 0 Å². The lowest BCUT2D eigenvalue weighted by atomic mass is 10.1. The Bertz CT molecular complexity index is 792. The summed E-state index contributed by atoms with van der Waals surface area (Å²) in [6, 6.07) is 15.3. The van der Waals surface area contributed by atoms with Crippen LogP contribution in [0.2, 0.25) is 5.02 Å². The van der Waals surface area contributed by atoms with E-state index < -0.39 is 6.04 Å². The van der Waals surface area contributed by atoms with Crippen LogP contribution < -0.4 is 16.0 Å². The standard InChI is InChI=1S/C17H15ClN4O2/c18-11-5-4-8-13(9-11)19-16(24)14-10-15(23)22-17(21-14)20-12-6-2-1-3-7-12/h1-9,14H,10H2,(H,19,24)(H2,20,21,22,23). The van der Waals surface area contributed by atoms with Crippen molar-refractivity contribution in [1.29, 1.82) is 0 Å². The smallest absolute Gasteiger partial charge is 0.249 e. The molecule has 0 spiro atoms. The third kappa shape index (κ3) is 4.11. The number of aliphatic imine (C=N–C) groups is 1. The summed E-state index contributed by atoms with van der Waals surface area (Å²) in [6.07, 6.45) is -0.00757. The Labute approximate surface area is 143 Å². The van der Waals surface area contributed by atoms with Gasteiger partial charge in [-0.05, 0) is 30.3 Å². The van der Waals surface area contributed by atoms with Gasteiger partial charge in [-0.1, -0.05) is 35.9 Å². The van der Waals surface area contributed by atoms with Crippen LogP contribution in [0, 0.1) is 0 Å². The van der Waals surface area contributed by atoms with Crippen molar-refractivity contribution in [1.82, 2.24) is 5.32 Å². The van der Waals surface area contributed by atoms with Crippen molar-refractivity contribution in [3.63, 3.8) is 0 Å². The molecule has 0 fully saturated rings. The molecule has 2 aromatic carbocycles. The van der Waals surface area contributed by atoms with Crippen LogP contribution in [0.5, 0.6) is 0 Å². The first-order valence-electron chi connectivity index (χ1n) is 7.36. The van der Waals surface area contributed by atoms with Gasteiger partial charge >= 0.3 is 0 Å². The molecule has 0 saturated heterocycles. The summed E-state index contributed by atoms with van der Waals surface area (Å²) in [5.74, 6) is -0.377. The highest BCUT2D eigenvalue weighted by atomic mass is 35.5. The van der Waals surface area contributed by atoms with E-state index in [1.807, 2.05) is 30.3 Å². The highest BCUT2D eigenvalue weighted by molar-refractivity contribution is 6.30. The van der Waals surface area contributed by atoms with E-state index in [0.717, 1.165) is 5.69 Å². The number of guanidine groups is 1. The zero-order chi connectivity index (χ0) is 16.9. The number of nitrogens with zero attached hydrogens (tertiary/aromatic N) is 1. The molecule has 1 unspecified atom stereocenters. The molecule has 0 aromatic heterocycles. The zero-order valence-electron chi connectivity index (χ0n) is 12.6. The van der Waals surface area contributed by atoms with E-state index in [2.05, 4.69) is 20.9 Å².